The highest BCUT2D eigenvalue weighted by atomic mass is 35.5. The van der Waals surface area contributed by atoms with E-state index in [0.29, 0.717) is 68.5 Å². The zero-order valence-electron chi connectivity index (χ0n) is 67.3. The molecule has 16 aromatic heterocycles. The van der Waals surface area contributed by atoms with E-state index in [-0.39, 0.29) is 69.5 Å². The number of anilines is 5. The predicted molar refractivity (Wildman–Crippen MR) is 470 cm³/mol. The van der Waals surface area contributed by atoms with E-state index in [1.165, 1.54) is 144 Å². The molecule has 2 aliphatic carbocycles. The van der Waals surface area contributed by atoms with Crippen molar-refractivity contribution in [3.8, 4) is 46.3 Å². The molecule has 2 aromatic carbocycles. The van der Waals surface area contributed by atoms with Crippen LogP contribution in [0.25, 0.3) is 62.2 Å². The second-order valence-corrected chi connectivity index (χ2v) is 37.8. The number of hydrogen-bond donors (Lipinski definition) is 5. The Bertz CT molecular complexity index is 7940. The standard InChI is InChI=1S/C22H21N5O2S.C19H13N5O2S.C16H10F3N5O3S.C14H12ClN5O2S.C12H7ClF3N5O2S/c28-30(29,18-11-6-12-23-14-18)26-21-13-20(17-9-2-1-3-10-17)25-22-19(15-24-27(21)22)16-7-4-5-8-16;1-2-14-12-21-24-18(23-27(25,26)16-9-6-10-20-13-16)11-17(22-19(14)24)15-7-4-3-5-8-15;17-16(18,19)11-9-21-24-14(23-28(25,26)10-3-1-5-20-8-10)7-12(22-15(11)24)13-4-2-6-27-13;15-12-6-13(19-23(21,22)10-2-1-5-16-7-10)20-14(18-12)11(8-17-20)9-3-4-9;13-9-4-10(20-24(22,23)7-2-1-3-17-5-7)21-11(19-9)8(6-18-21)12(14,15)16/h1-3,6,9-16,26H,4-5,7-8H2;1,3-13,23H;1-9,23H;1-2,5-9,19H,3-4H2;1-6,20H. The lowest BCUT2D eigenvalue weighted by molar-refractivity contribution is -0.137. The second-order valence-electron chi connectivity index (χ2n) is 28.6. The van der Waals surface area contributed by atoms with Crippen molar-refractivity contribution in [2.75, 3.05) is 23.6 Å². The normalized spacial score (nSPS) is 13.2. The van der Waals surface area contributed by atoms with E-state index in [4.69, 9.17) is 39.0 Å². The van der Waals surface area contributed by atoms with Gasteiger partial charge in [0.25, 0.3) is 50.1 Å². The van der Waals surface area contributed by atoms with Crippen molar-refractivity contribution in [3.05, 3.63) is 301 Å². The molecule has 49 heteroatoms. The lowest BCUT2D eigenvalue weighted by Crippen LogP contribution is -2.16. The molecule has 0 spiro atoms. The first kappa shape index (κ1) is 90.4. The van der Waals surface area contributed by atoms with Crippen LogP contribution in [-0.2, 0) is 62.5 Å². The Labute approximate surface area is 754 Å². The van der Waals surface area contributed by atoms with Gasteiger partial charge in [-0.3, -0.25) is 48.5 Å². The average Bonchev–Trinajstić information content (AvgIpc) is 1.62. The van der Waals surface area contributed by atoms with Gasteiger partial charge in [0.05, 0.1) is 54.2 Å². The van der Waals surface area contributed by atoms with Gasteiger partial charge in [0.15, 0.2) is 34.0 Å². The van der Waals surface area contributed by atoms with Gasteiger partial charge in [-0.05, 0) is 110 Å². The third-order valence-electron chi connectivity index (χ3n) is 19.8. The Morgan fingerprint density at radius 3 is 1.03 bits per heavy atom. The fourth-order valence-corrected chi connectivity index (χ4v) is 18.8. The van der Waals surface area contributed by atoms with Crippen LogP contribution in [0.15, 0.2) is 292 Å². The van der Waals surface area contributed by atoms with Crippen molar-refractivity contribution in [1.82, 2.24) is 97.9 Å². The van der Waals surface area contributed by atoms with Crippen molar-refractivity contribution in [2.24, 2.45) is 0 Å². The number of sulfonamides is 5. The highest BCUT2D eigenvalue weighted by molar-refractivity contribution is 7.94. The zero-order chi connectivity index (χ0) is 92.9. The summed E-state index contributed by atoms with van der Waals surface area (Å²) in [6.07, 6.45) is 23.7. The van der Waals surface area contributed by atoms with Crippen LogP contribution in [0.5, 0.6) is 0 Å². The molecule has 132 heavy (non-hydrogen) atoms. The Morgan fingerprint density at radius 2 is 0.674 bits per heavy atom. The summed E-state index contributed by atoms with van der Waals surface area (Å²) in [4.78, 5) is 40.1. The van der Waals surface area contributed by atoms with Crippen LogP contribution in [0.3, 0.4) is 0 Å². The summed E-state index contributed by atoms with van der Waals surface area (Å²) in [7, 11) is -19.7. The molecule has 2 aliphatic rings. The fraction of sp³-hybridized carbons (Fsp3) is 0.120. The van der Waals surface area contributed by atoms with Gasteiger partial charge in [-0.1, -0.05) is 103 Å². The molecule has 0 amide bonds. The number of fused-ring (bicyclic) bond motifs is 5. The summed E-state index contributed by atoms with van der Waals surface area (Å²) in [5.41, 5.74) is 3.82. The van der Waals surface area contributed by atoms with Crippen molar-refractivity contribution in [3.63, 3.8) is 0 Å². The first-order valence-corrected chi connectivity index (χ1v) is 47.0. The summed E-state index contributed by atoms with van der Waals surface area (Å²) in [5.74, 6) is 3.82. The highest BCUT2D eigenvalue weighted by Gasteiger charge is 2.39. The summed E-state index contributed by atoms with van der Waals surface area (Å²) in [5, 5.41) is 20.0. The van der Waals surface area contributed by atoms with E-state index >= 15 is 0 Å². The molecule has 672 valence electrons. The largest absolute Gasteiger partial charge is 0.463 e. The first-order valence-electron chi connectivity index (χ1n) is 38.8. The molecule has 18 aromatic rings. The fourth-order valence-electron chi connectivity index (χ4n) is 13.4. The van der Waals surface area contributed by atoms with Gasteiger partial charge in [0, 0.05) is 115 Å². The maximum absolute atomic E-state index is 13.3. The summed E-state index contributed by atoms with van der Waals surface area (Å²) in [6, 6.07) is 43.8. The lowest BCUT2D eigenvalue weighted by atomic mass is 10.0. The number of hydrogen-bond acceptors (Lipinski definition) is 26. The van der Waals surface area contributed by atoms with Crippen LogP contribution in [0.2, 0.25) is 10.3 Å². The van der Waals surface area contributed by atoms with E-state index in [1.807, 2.05) is 66.9 Å². The van der Waals surface area contributed by atoms with E-state index in [1.54, 1.807) is 47.2 Å². The van der Waals surface area contributed by atoms with Crippen molar-refractivity contribution in [1.29, 1.82) is 0 Å². The second kappa shape index (κ2) is 37.3. The Hall–Kier alpha value is -15.0. The number of halogens is 8. The van der Waals surface area contributed by atoms with Crippen molar-refractivity contribution in [2.45, 2.75) is 87.2 Å². The summed E-state index contributed by atoms with van der Waals surface area (Å²) < 4.78 is 228. The molecule has 20 rings (SSSR count). The minimum Gasteiger partial charge on any atom is -0.463 e. The topological polar surface area (TPSA) is 459 Å². The molecule has 2 fully saturated rings. The molecular weight excluding hydrogens is 1870 g/mol. The van der Waals surface area contributed by atoms with Gasteiger partial charge in [-0.2, -0.15) is 74.4 Å². The van der Waals surface area contributed by atoms with E-state index in [0.717, 1.165) is 70.9 Å². The van der Waals surface area contributed by atoms with E-state index in [2.05, 4.69) is 99.9 Å². The van der Waals surface area contributed by atoms with Crippen LogP contribution in [0.4, 0.5) is 55.4 Å². The SMILES string of the molecule is C#Cc1cnn2c(NS(=O)(=O)c3cccnc3)cc(-c3ccccc3)nc12.O=S(=O)(Nc1cc(-c2ccccc2)nc2c(C3CCCC3)cnn12)c1cccnc1.O=S(=O)(Nc1cc(-c2ccco2)nc2c(C(F)(F)F)cnn12)c1cccnc1.O=S(=O)(Nc1cc(Cl)nc2c(C(F)(F)F)cnn12)c1cccnc1.O=S(=O)(Nc1cc(Cl)nc2c(C3CC3)cnn12)c1cccnc1. The van der Waals surface area contributed by atoms with Crippen molar-refractivity contribution < 1.29 is 72.8 Å². The van der Waals surface area contributed by atoms with Gasteiger partial charge in [-0.25, -0.2) is 67.0 Å². The Kier molecular flexibility index (Phi) is 25.5. The number of alkyl halides is 6. The lowest BCUT2D eigenvalue weighted by Gasteiger charge is -2.13. The molecule has 0 aliphatic heterocycles. The molecule has 0 unspecified atom stereocenters. The Morgan fingerprint density at radius 1 is 0.356 bits per heavy atom. The van der Waals surface area contributed by atoms with Crippen LogP contribution in [-0.4, -0.2) is 140 Å². The summed E-state index contributed by atoms with van der Waals surface area (Å²) >= 11 is 11.8. The molecule has 0 atom stereocenters. The molecule has 0 radical (unpaired) electrons. The predicted octanol–water partition coefficient (Wildman–Crippen LogP) is 15.1. The minimum atomic E-state index is -4.73. The number of rotatable bonds is 20. The monoisotopic (exact) mass is 1930 g/mol. The number of nitrogens with one attached hydrogen (secondary N) is 5. The summed E-state index contributed by atoms with van der Waals surface area (Å²) in [6.45, 7) is 0. The van der Waals surface area contributed by atoms with Crippen LogP contribution in [0.1, 0.15) is 78.2 Å². The molecule has 2 saturated carbocycles. The molecule has 5 N–H and O–H groups in total. The third kappa shape index (κ3) is 20.2. The molecule has 0 saturated heterocycles. The number of aromatic nitrogens is 20. The number of furan rings is 1. The van der Waals surface area contributed by atoms with Gasteiger partial charge < -0.3 is 4.42 Å². The highest BCUT2D eigenvalue weighted by Crippen LogP contribution is 2.43. The third-order valence-corrected chi connectivity index (χ3v) is 26.8. The van der Waals surface area contributed by atoms with Gasteiger partial charge in [0.1, 0.15) is 80.7 Å². The maximum atomic E-state index is 13.3. The molecule has 0 bridgehead atoms. The van der Waals surface area contributed by atoms with Gasteiger partial charge in [0.2, 0.25) is 0 Å². The molecule has 16 heterocycles. The first-order chi connectivity index (χ1) is 63.2. The maximum Gasteiger partial charge on any atom is 0.421 e. The number of terminal acetylenes is 1. The number of pyridine rings is 5. The van der Waals surface area contributed by atoms with Crippen molar-refractivity contribution >= 4 is 131 Å². The Balaban J connectivity index is 0.000000121. The number of benzene rings is 2. The van der Waals surface area contributed by atoms with E-state index in [9.17, 15) is 68.4 Å². The van der Waals surface area contributed by atoms with E-state index < -0.39 is 84.9 Å². The van der Waals surface area contributed by atoms with Crippen LogP contribution in [0, 0.1) is 12.3 Å². The average molecular weight is 1930 g/mol. The van der Waals surface area contributed by atoms with Gasteiger partial charge in [-0.15, -0.1) is 6.42 Å². The quantitative estimate of drug-likeness (QED) is 0.0269. The van der Waals surface area contributed by atoms with Crippen LogP contribution < -0.4 is 23.6 Å². The van der Waals surface area contributed by atoms with Gasteiger partial charge >= 0.3 is 12.4 Å². The smallest absolute Gasteiger partial charge is 0.421 e. The molecule has 36 nitrogen and oxygen atoms in total. The van der Waals surface area contributed by atoms with Crippen LogP contribution >= 0.6 is 23.2 Å². The number of nitrogens with zero attached hydrogens (tertiary/aromatic N) is 20. The zero-order valence-corrected chi connectivity index (χ0v) is 72.9. The molecular formula is C83H63Cl2F6N25O11S5. The minimum absolute atomic E-state index is 0.00684.